The molecule has 0 aromatic heterocycles. The lowest BCUT2D eigenvalue weighted by molar-refractivity contribution is 0.0690. The van der Waals surface area contributed by atoms with E-state index in [1.165, 1.54) is 21.6 Å². The molecule has 0 spiro atoms. The van der Waals surface area contributed by atoms with Gasteiger partial charge in [-0.05, 0) is 16.8 Å². The van der Waals surface area contributed by atoms with E-state index in [9.17, 15) is 4.79 Å². The van der Waals surface area contributed by atoms with E-state index in [4.69, 9.17) is 5.11 Å². The van der Waals surface area contributed by atoms with Crippen LogP contribution in [0.5, 0.6) is 0 Å². The third kappa shape index (κ3) is 1.25. The molecule has 1 N–H and O–H groups in total. The monoisotopic (exact) mass is 234 g/mol. The van der Waals surface area contributed by atoms with Gasteiger partial charge in [0.2, 0.25) is 0 Å². The smallest absolute Gasteiger partial charge is 0.338 e. The zero-order chi connectivity index (χ0) is 10.4. The van der Waals surface area contributed by atoms with E-state index in [0.29, 0.717) is 5.56 Å². The molecule has 4 heteroatoms. The zero-order valence-electron chi connectivity index (χ0n) is 7.56. The van der Waals surface area contributed by atoms with Gasteiger partial charge in [-0.15, -0.1) is 0 Å². The van der Waals surface area contributed by atoms with Gasteiger partial charge in [-0.3, -0.25) is 0 Å². The molecule has 2 bridgehead atoms. The Morgan fingerprint density at radius 1 is 1.20 bits per heavy atom. The van der Waals surface area contributed by atoms with Gasteiger partial charge >= 0.3 is 5.97 Å². The number of rotatable bonds is 1. The lowest BCUT2D eigenvalue weighted by Gasteiger charge is -2.02. The van der Waals surface area contributed by atoms with Gasteiger partial charge in [0, 0.05) is 9.79 Å². The first kappa shape index (κ1) is 9.12. The first-order valence-corrected chi connectivity index (χ1v) is 6.56. The van der Waals surface area contributed by atoms with Gasteiger partial charge in [-0.25, -0.2) is 4.79 Å². The second-order valence-corrected chi connectivity index (χ2v) is 5.45. The number of hydrogen-bond donors (Lipinski definition) is 1. The van der Waals surface area contributed by atoms with Crippen molar-refractivity contribution in [3.05, 3.63) is 35.9 Å². The molecule has 15 heavy (non-hydrogen) atoms. The second kappa shape index (κ2) is 3.18. The van der Waals surface area contributed by atoms with Crippen LogP contribution in [0.1, 0.15) is 10.4 Å². The summed E-state index contributed by atoms with van der Waals surface area (Å²) in [4.78, 5) is 12.9. The summed E-state index contributed by atoms with van der Waals surface area (Å²) in [7, 11) is 3.07. The fourth-order valence-corrected chi connectivity index (χ4v) is 4.41. The molecule has 3 rings (SSSR count). The molecule has 1 aliphatic rings. The second-order valence-electron chi connectivity index (χ2n) is 3.27. The molecule has 1 heterocycles. The summed E-state index contributed by atoms with van der Waals surface area (Å²) in [5, 5.41) is 11.3. The summed E-state index contributed by atoms with van der Waals surface area (Å²) in [6.07, 6.45) is 0. The largest absolute Gasteiger partial charge is 0.478 e. The highest BCUT2D eigenvalue weighted by atomic mass is 33.1. The van der Waals surface area contributed by atoms with Crippen LogP contribution in [0, 0.1) is 0 Å². The van der Waals surface area contributed by atoms with Crippen molar-refractivity contribution in [1.29, 1.82) is 0 Å². The molecule has 0 saturated carbocycles. The Labute approximate surface area is 94.1 Å². The first-order chi connectivity index (χ1) is 7.27. The van der Waals surface area contributed by atoms with Crippen molar-refractivity contribution < 1.29 is 9.90 Å². The molecule has 0 radical (unpaired) electrons. The minimum atomic E-state index is -0.830. The van der Waals surface area contributed by atoms with Gasteiger partial charge < -0.3 is 5.11 Å². The first-order valence-electron chi connectivity index (χ1n) is 4.41. The van der Waals surface area contributed by atoms with E-state index in [-0.39, 0.29) is 0 Å². The van der Waals surface area contributed by atoms with Crippen LogP contribution in [-0.4, -0.2) is 11.1 Å². The van der Waals surface area contributed by atoms with Gasteiger partial charge in [-0.1, -0.05) is 45.9 Å². The lowest BCUT2D eigenvalue weighted by Crippen LogP contribution is -1.98. The highest BCUT2D eigenvalue weighted by Gasteiger charge is 2.25. The standard InChI is InChI=1S/C11H6O2S2/c12-11(13)9-8-5-6-3-1-2-4-7(6)10(9)15-14-8/h1-5H,(H,12,13). The molecule has 1 aliphatic heterocycles. The molecule has 74 valence electrons. The van der Waals surface area contributed by atoms with Gasteiger partial charge in [0.15, 0.2) is 0 Å². The van der Waals surface area contributed by atoms with Crippen LogP contribution in [0.2, 0.25) is 0 Å². The molecule has 0 amide bonds. The predicted molar refractivity (Wildman–Crippen MR) is 62.6 cm³/mol. The van der Waals surface area contributed by atoms with E-state index in [2.05, 4.69) is 0 Å². The number of hydrogen-bond acceptors (Lipinski definition) is 3. The minimum absolute atomic E-state index is 0.462. The third-order valence-electron chi connectivity index (χ3n) is 2.39. The van der Waals surface area contributed by atoms with E-state index in [0.717, 1.165) is 20.6 Å². The maximum atomic E-state index is 11.1. The quantitative estimate of drug-likeness (QED) is 0.764. The molecule has 2 aromatic carbocycles. The Bertz CT molecular complexity index is 578. The van der Waals surface area contributed by atoms with Gasteiger partial charge in [0.1, 0.15) is 0 Å². The van der Waals surface area contributed by atoms with Crippen LogP contribution in [-0.2, 0) is 0 Å². The average molecular weight is 234 g/mol. The topological polar surface area (TPSA) is 37.3 Å². The average Bonchev–Trinajstić information content (AvgIpc) is 2.55. The summed E-state index contributed by atoms with van der Waals surface area (Å²) in [6.45, 7) is 0. The van der Waals surface area contributed by atoms with Gasteiger partial charge in [0.25, 0.3) is 0 Å². The Kier molecular flexibility index (Phi) is 1.94. The van der Waals surface area contributed by atoms with Crippen LogP contribution < -0.4 is 0 Å². The number of benzene rings is 2. The fourth-order valence-electron chi connectivity index (χ4n) is 1.73. The summed E-state index contributed by atoms with van der Waals surface area (Å²) >= 11 is 0. The van der Waals surface area contributed by atoms with Crippen LogP contribution in [0.25, 0.3) is 10.8 Å². The Balaban J connectivity index is 2.46. The highest BCUT2D eigenvalue weighted by Crippen LogP contribution is 2.52. The van der Waals surface area contributed by atoms with Crippen LogP contribution in [0.3, 0.4) is 0 Å². The SMILES string of the molecule is O=C(O)c1c2cc3ccccc3c1SS2. The van der Waals surface area contributed by atoms with Crippen molar-refractivity contribution in [1.82, 2.24) is 0 Å². The highest BCUT2D eigenvalue weighted by molar-refractivity contribution is 8.77. The van der Waals surface area contributed by atoms with E-state index < -0.39 is 5.97 Å². The number of carboxylic acid groups (broad SMARTS) is 1. The van der Waals surface area contributed by atoms with E-state index in [1.807, 2.05) is 30.3 Å². The fraction of sp³-hybridized carbons (Fsp3) is 0. The maximum absolute atomic E-state index is 11.1. The summed E-state index contributed by atoms with van der Waals surface area (Å²) in [5.74, 6) is -0.830. The van der Waals surface area contributed by atoms with Crippen molar-refractivity contribution >= 4 is 38.3 Å². The van der Waals surface area contributed by atoms with E-state index >= 15 is 0 Å². The number of aromatic carboxylic acids is 1. The Hall–Kier alpha value is -1.13. The summed E-state index contributed by atoms with van der Waals surface area (Å²) in [6, 6.07) is 9.85. The summed E-state index contributed by atoms with van der Waals surface area (Å²) < 4.78 is 0. The molecule has 0 unspecified atom stereocenters. The van der Waals surface area contributed by atoms with Crippen molar-refractivity contribution in [2.45, 2.75) is 9.79 Å². The number of carboxylic acids is 1. The van der Waals surface area contributed by atoms with Crippen molar-refractivity contribution in [3.8, 4) is 0 Å². The predicted octanol–water partition coefficient (Wildman–Crippen LogP) is 3.65. The van der Waals surface area contributed by atoms with Gasteiger partial charge in [0.05, 0.1) is 5.56 Å². The lowest BCUT2D eigenvalue weighted by atomic mass is 10.1. The number of fused-ring (bicyclic) bond motifs is 4. The van der Waals surface area contributed by atoms with Crippen molar-refractivity contribution in [2.75, 3.05) is 0 Å². The molecular weight excluding hydrogens is 228 g/mol. The molecule has 0 fully saturated rings. The van der Waals surface area contributed by atoms with Crippen LogP contribution >= 0.6 is 21.6 Å². The normalized spacial score (nSPS) is 13.3. The van der Waals surface area contributed by atoms with Crippen molar-refractivity contribution in [3.63, 3.8) is 0 Å². The number of carbonyl (C=O) groups is 1. The molecule has 0 saturated heterocycles. The summed E-state index contributed by atoms with van der Waals surface area (Å²) in [5.41, 5.74) is 0.462. The van der Waals surface area contributed by atoms with Crippen LogP contribution in [0.15, 0.2) is 40.1 Å². The van der Waals surface area contributed by atoms with E-state index in [1.54, 1.807) is 0 Å². The molecular formula is C11H6O2S2. The Morgan fingerprint density at radius 2 is 2.00 bits per heavy atom. The molecule has 0 atom stereocenters. The molecule has 2 nitrogen and oxygen atoms in total. The van der Waals surface area contributed by atoms with Gasteiger partial charge in [-0.2, -0.15) is 0 Å². The zero-order valence-corrected chi connectivity index (χ0v) is 9.19. The van der Waals surface area contributed by atoms with Crippen molar-refractivity contribution in [2.24, 2.45) is 0 Å². The molecule has 0 aliphatic carbocycles. The Morgan fingerprint density at radius 3 is 2.80 bits per heavy atom. The third-order valence-corrected chi connectivity index (χ3v) is 4.86. The van der Waals surface area contributed by atoms with Crippen LogP contribution in [0.4, 0.5) is 0 Å². The minimum Gasteiger partial charge on any atom is -0.478 e. The molecule has 2 aromatic rings. The maximum Gasteiger partial charge on any atom is 0.338 e.